The van der Waals surface area contributed by atoms with Crippen molar-refractivity contribution in [1.29, 1.82) is 0 Å². The van der Waals surface area contributed by atoms with Crippen molar-refractivity contribution >= 4 is 90.8 Å². The van der Waals surface area contributed by atoms with Crippen LogP contribution in [0.1, 0.15) is 80.3 Å². The number of thiophene rings is 4. The zero-order chi connectivity index (χ0) is 29.1. The van der Waals surface area contributed by atoms with Crippen molar-refractivity contribution in [3.05, 3.63) is 99.0 Å². The number of halogens is 2. The highest BCUT2D eigenvalue weighted by Crippen LogP contribution is 2.48. The molecule has 4 heterocycles. The lowest BCUT2D eigenvalue weighted by atomic mass is 9.97. The van der Waals surface area contributed by atoms with Crippen molar-refractivity contribution in [2.75, 3.05) is 0 Å². The van der Waals surface area contributed by atoms with Gasteiger partial charge < -0.3 is 0 Å². The van der Waals surface area contributed by atoms with Crippen molar-refractivity contribution < 1.29 is 0 Å². The molecule has 5 aromatic rings. The van der Waals surface area contributed by atoms with E-state index in [-0.39, 0.29) is 0 Å². The second kappa shape index (κ2) is 11.5. The van der Waals surface area contributed by atoms with Crippen molar-refractivity contribution in [3.63, 3.8) is 0 Å². The molecule has 0 saturated carbocycles. The average Bonchev–Trinajstić information content (AvgIpc) is 3.79. The fraction of sp³-hybridized carbons (Fsp3) is 0.278. The zero-order valence-electron chi connectivity index (χ0n) is 24.3. The van der Waals surface area contributed by atoms with E-state index in [0.29, 0.717) is 0 Å². The summed E-state index contributed by atoms with van der Waals surface area (Å²) in [7, 11) is 0. The maximum absolute atomic E-state index is 6.38. The minimum atomic E-state index is 0.889. The molecule has 2 aliphatic rings. The fourth-order valence-electron chi connectivity index (χ4n) is 6.81. The number of hydrogen-bond donors (Lipinski definition) is 0. The minimum Gasteiger partial charge on any atom is -0.140 e. The molecule has 1 aromatic carbocycles. The fourth-order valence-corrected chi connectivity index (χ4v) is 11.4. The Kier molecular flexibility index (Phi) is 7.92. The Labute approximate surface area is 275 Å². The Bertz CT molecular complexity index is 1750. The topological polar surface area (TPSA) is 0 Å². The van der Waals surface area contributed by atoms with E-state index in [1.54, 1.807) is 22.7 Å². The summed E-state index contributed by atoms with van der Waals surface area (Å²) in [6.07, 6.45) is 7.02. The molecule has 4 aromatic heterocycles. The summed E-state index contributed by atoms with van der Waals surface area (Å²) in [4.78, 5) is 8.17. The molecule has 0 N–H and O–H groups in total. The van der Waals surface area contributed by atoms with E-state index in [0.717, 1.165) is 34.4 Å². The van der Waals surface area contributed by atoms with Crippen LogP contribution >= 0.6 is 68.5 Å². The van der Waals surface area contributed by atoms with Gasteiger partial charge in [-0.2, -0.15) is 0 Å². The van der Waals surface area contributed by atoms with Gasteiger partial charge in [0.15, 0.2) is 0 Å². The van der Waals surface area contributed by atoms with Crippen molar-refractivity contribution in [2.24, 2.45) is 0 Å². The third kappa shape index (κ3) is 5.23. The Morgan fingerprint density at radius 3 is 1.07 bits per heavy atom. The molecule has 0 spiro atoms. The van der Waals surface area contributed by atoms with E-state index in [1.165, 1.54) is 97.8 Å². The van der Waals surface area contributed by atoms with Crippen LogP contribution in [-0.2, 0) is 0 Å². The van der Waals surface area contributed by atoms with E-state index in [9.17, 15) is 0 Å². The molecule has 0 saturated heterocycles. The highest BCUT2D eigenvalue weighted by molar-refractivity contribution is 7.17. The first-order valence-electron chi connectivity index (χ1n) is 14.6. The molecule has 42 heavy (non-hydrogen) atoms. The standard InChI is InChI=1S/C36H32Cl2S4/c1-19-29(25-7-5-9-27(25)31-17-35(37)41-21(31)3)15-33(39-19)23-11-13-24(14-12-23)34-16-30(20(2)40-34)26-8-6-10-28(26)32-18-36(38)42-22(32)4/h11-18H,5-10H2,1-4H3. The van der Waals surface area contributed by atoms with E-state index in [4.69, 9.17) is 23.2 Å². The number of rotatable bonds is 6. The molecule has 2 aliphatic carbocycles. The second-order valence-corrected chi connectivity index (χ2v) is 17.7. The number of allylic oxidation sites excluding steroid dienone is 4. The number of hydrogen-bond acceptors (Lipinski definition) is 4. The van der Waals surface area contributed by atoms with Gasteiger partial charge in [-0.1, -0.05) is 47.5 Å². The minimum absolute atomic E-state index is 0.889. The lowest BCUT2D eigenvalue weighted by molar-refractivity contribution is 0.941. The van der Waals surface area contributed by atoms with Gasteiger partial charge in [0.05, 0.1) is 8.67 Å². The molecule has 7 rings (SSSR count). The van der Waals surface area contributed by atoms with E-state index in [1.807, 2.05) is 22.7 Å². The Balaban J connectivity index is 1.18. The maximum Gasteiger partial charge on any atom is 0.0937 e. The van der Waals surface area contributed by atoms with Crippen LogP contribution < -0.4 is 0 Å². The highest BCUT2D eigenvalue weighted by atomic mass is 35.5. The summed E-state index contributed by atoms with van der Waals surface area (Å²) >= 11 is 20.0. The van der Waals surface area contributed by atoms with Gasteiger partial charge >= 0.3 is 0 Å². The predicted octanol–water partition coefficient (Wildman–Crippen LogP) is 14.0. The SMILES string of the molecule is Cc1sc(Cl)cc1C1=C(c2cc(-c3ccc(-c4cc(C5=C(c6cc(Cl)sc6C)CCC5)c(C)s4)cc3)sc2C)CCC1. The molecule has 0 fully saturated rings. The van der Waals surface area contributed by atoms with Crippen LogP contribution in [0.5, 0.6) is 0 Å². The van der Waals surface area contributed by atoms with E-state index >= 15 is 0 Å². The highest BCUT2D eigenvalue weighted by Gasteiger charge is 2.24. The Morgan fingerprint density at radius 2 is 0.762 bits per heavy atom. The lowest BCUT2D eigenvalue weighted by Crippen LogP contribution is -1.86. The first-order chi connectivity index (χ1) is 20.3. The summed E-state index contributed by atoms with van der Waals surface area (Å²) in [6, 6.07) is 18.4. The van der Waals surface area contributed by atoms with Crippen molar-refractivity contribution in [3.8, 4) is 20.9 Å². The first kappa shape index (κ1) is 28.8. The molecular weight excluding hydrogens is 632 g/mol. The van der Waals surface area contributed by atoms with Crippen LogP contribution in [0.2, 0.25) is 8.67 Å². The van der Waals surface area contributed by atoms with E-state index < -0.39 is 0 Å². The Morgan fingerprint density at radius 1 is 0.452 bits per heavy atom. The zero-order valence-corrected chi connectivity index (χ0v) is 29.0. The number of aryl methyl sites for hydroxylation is 4. The largest absolute Gasteiger partial charge is 0.140 e. The van der Waals surface area contributed by atoms with Gasteiger partial charge in [0.1, 0.15) is 0 Å². The second-order valence-electron chi connectivity index (χ2n) is 11.4. The third-order valence-electron chi connectivity index (χ3n) is 8.80. The molecule has 6 heteroatoms. The maximum atomic E-state index is 6.38. The molecule has 0 bridgehead atoms. The van der Waals surface area contributed by atoms with Crippen LogP contribution in [0.15, 0.2) is 48.5 Å². The van der Waals surface area contributed by atoms with Crippen LogP contribution in [-0.4, -0.2) is 0 Å². The molecule has 214 valence electrons. The Hall–Kier alpha value is -1.92. The van der Waals surface area contributed by atoms with Gasteiger partial charge in [-0.05, 0) is 146 Å². The van der Waals surface area contributed by atoms with Crippen molar-refractivity contribution in [2.45, 2.75) is 66.2 Å². The monoisotopic (exact) mass is 662 g/mol. The average molecular weight is 664 g/mol. The van der Waals surface area contributed by atoms with Gasteiger partial charge in [-0.3, -0.25) is 0 Å². The normalized spacial score (nSPS) is 15.6. The third-order valence-corrected chi connectivity index (χ3v) is 13.4. The van der Waals surface area contributed by atoms with E-state index in [2.05, 4.69) is 76.2 Å². The summed E-state index contributed by atoms with van der Waals surface area (Å²) < 4.78 is 1.78. The molecule has 0 unspecified atom stereocenters. The smallest absolute Gasteiger partial charge is 0.0937 e. The lowest BCUT2D eigenvalue weighted by Gasteiger charge is -2.07. The molecule has 0 atom stereocenters. The predicted molar refractivity (Wildman–Crippen MR) is 192 cm³/mol. The van der Waals surface area contributed by atoms with Gasteiger partial charge in [0, 0.05) is 29.3 Å². The molecule has 0 nitrogen and oxygen atoms in total. The molecular formula is C36H32Cl2S4. The van der Waals surface area contributed by atoms with Crippen molar-refractivity contribution in [1.82, 2.24) is 0 Å². The molecule has 0 amide bonds. The summed E-state index contributed by atoms with van der Waals surface area (Å²) in [5.41, 5.74) is 14.2. The summed E-state index contributed by atoms with van der Waals surface area (Å²) in [5, 5.41) is 0. The quantitative estimate of drug-likeness (QED) is 0.170. The first-order valence-corrected chi connectivity index (χ1v) is 18.6. The summed E-state index contributed by atoms with van der Waals surface area (Å²) in [6.45, 7) is 8.96. The van der Waals surface area contributed by atoms with Gasteiger partial charge in [-0.15, -0.1) is 45.3 Å². The van der Waals surface area contributed by atoms with Crippen LogP contribution in [0.3, 0.4) is 0 Å². The van der Waals surface area contributed by atoms with Crippen LogP contribution in [0, 0.1) is 27.7 Å². The van der Waals surface area contributed by atoms with Gasteiger partial charge in [0.25, 0.3) is 0 Å². The molecule has 0 radical (unpaired) electrons. The van der Waals surface area contributed by atoms with Gasteiger partial charge in [-0.25, -0.2) is 0 Å². The summed E-state index contributed by atoms with van der Waals surface area (Å²) in [5.74, 6) is 0. The molecule has 0 aliphatic heterocycles. The van der Waals surface area contributed by atoms with Gasteiger partial charge in [0.2, 0.25) is 0 Å². The van der Waals surface area contributed by atoms with Crippen LogP contribution in [0.25, 0.3) is 43.2 Å². The number of benzene rings is 1. The van der Waals surface area contributed by atoms with Crippen LogP contribution in [0.4, 0.5) is 0 Å².